The number of anilines is 1. The van der Waals surface area contributed by atoms with Gasteiger partial charge in [-0.1, -0.05) is 0 Å². The zero-order chi connectivity index (χ0) is 17.6. The minimum atomic E-state index is -4.43. The molecule has 1 unspecified atom stereocenters. The summed E-state index contributed by atoms with van der Waals surface area (Å²) in [6, 6.07) is 3.79. The summed E-state index contributed by atoms with van der Waals surface area (Å²) in [6.07, 6.45) is 0.202. The van der Waals surface area contributed by atoms with E-state index in [0.717, 1.165) is 0 Å². The Kier molecular flexibility index (Phi) is 5.61. The number of aromatic nitrogens is 3. The van der Waals surface area contributed by atoms with Gasteiger partial charge in [0.25, 0.3) is 0 Å². The lowest BCUT2D eigenvalue weighted by atomic mass is 10.3. The monoisotopic (exact) mass is 343 g/mol. The van der Waals surface area contributed by atoms with Crippen LogP contribution in [0.25, 0.3) is 0 Å². The first-order valence-corrected chi connectivity index (χ1v) is 7.02. The van der Waals surface area contributed by atoms with Crippen LogP contribution < -0.4 is 15.4 Å². The van der Waals surface area contributed by atoms with Crippen LogP contribution in [0.3, 0.4) is 0 Å². The van der Waals surface area contributed by atoms with Crippen LogP contribution in [-0.4, -0.2) is 39.6 Å². The Morgan fingerprint density at radius 2 is 2.21 bits per heavy atom. The lowest BCUT2D eigenvalue weighted by Crippen LogP contribution is -2.38. The molecule has 0 aromatic carbocycles. The number of pyridine rings is 1. The number of ether oxygens (including phenoxy) is 1. The van der Waals surface area contributed by atoms with Crippen LogP contribution in [0, 0.1) is 0 Å². The number of amides is 2. The van der Waals surface area contributed by atoms with Crippen molar-refractivity contribution < 1.29 is 22.7 Å². The SMILES string of the molecule is CC(Cn1cccn1)NC(=O)Nc1ccc(OCC(F)(F)F)nc1. The van der Waals surface area contributed by atoms with Crippen LogP contribution in [0.4, 0.5) is 23.7 Å². The van der Waals surface area contributed by atoms with E-state index < -0.39 is 18.8 Å². The van der Waals surface area contributed by atoms with Crippen LogP contribution in [0.5, 0.6) is 5.88 Å². The van der Waals surface area contributed by atoms with Gasteiger partial charge < -0.3 is 15.4 Å². The van der Waals surface area contributed by atoms with Crippen molar-refractivity contribution >= 4 is 11.7 Å². The molecule has 2 rings (SSSR count). The van der Waals surface area contributed by atoms with Crippen molar-refractivity contribution in [2.45, 2.75) is 25.7 Å². The van der Waals surface area contributed by atoms with Gasteiger partial charge in [0.15, 0.2) is 6.61 Å². The molecule has 2 heterocycles. The number of hydrogen-bond donors (Lipinski definition) is 2. The number of alkyl halides is 3. The Hall–Kier alpha value is -2.78. The highest BCUT2D eigenvalue weighted by molar-refractivity contribution is 5.89. The van der Waals surface area contributed by atoms with Gasteiger partial charge in [-0.15, -0.1) is 0 Å². The largest absolute Gasteiger partial charge is 0.468 e. The number of hydrogen-bond acceptors (Lipinski definition) is 4. The fraction of sp³-hybridized carbons (Fsp3) is 0.357. The van der Waals surface area contributed by atoms with E-state index in [9.17, 15) is 18.0 Å². The van der Waals surface area contributed by atoms with Crippen molar-refractivity contribution in [3.8, 4) is 5.88 Å². The summed E-state index contributed by atoms with van der Waals surface area (Å²) in [6.45, 7) is 0.898. The Morgan fingerprint density at radius 3 is 2.79 bits per heavy atom. The number of carbonyl (C=O) groups is 1. The van der Waals surface area contributed by atoms with Crippen LogP contribution in [0.1, 0.15) is 6.92 Å². The number of nitrogens with one attached hydrogen (secondary N) is 2. The average Bonchev–Trinajstić information content (AvgIpc) is 2.98. The van der Waals surface area contributed by atoms with Gasteiger partial charge in [-0.05, 0) is 19.1 Å². The molecule has 0 aliphatic rings. The zero-order valence-electron chi connectivity index (χ0n) is 12.7. The standard InChI is InChI=1S/C14H16F3N5O2/c1-10(8-22-6-2-5-19-22)20-13(23)21-11-3-4-12(18-7-11)24-9-14(15,16)17/h2-7,10H,8-9H2,1H3,(H2,20,21,23). The predicted molar refractivity (Wildman–Crippen MR) is 79.6 cm³/mol. The number of rotatable bonds is 6. The Balaban J connectivity index is 1.79. The third-order valence-electron chi connectivity index (χ3n) is 2.78. The maximum atomic E-state index is 12.0. The van der Waals surface area contributed by atoms with Gasteiger partial charge in [0.05, 0.1) is 18.4 Å². The molecule has 2 amide bonds. The van der Waals surface area contributed by atoms with Crippen molar-refractivity contribution in [1.29, 1.82) is 0 Å². The second-order valence-electron chi connectivity index (χ2n) is 5.02. The molecule has 0 saturated carbocycles. The van der Waals surface area contributed by atoms with Crippen LogP contribution in [0.2, 0.25) is 0 Å². The van der Waals surface area contributed by atoms with Gasteiger partial charge in [-0.25, -0.2) is 9.78 Å². The highest BCUT2D eigenvalue weighted by Gasteiger charge is 2.28. The van der Waals surface area contributed by atoms with E-state index in [4.69, 9.17) is 0 Å². The molecular formula is C14H16F3N5O2. The summed E-state index contributed by atoms with van der Waals surface area (Å²) < 4.78 is 42.2. The Bertz CT molecular complexity index is 643. The smallest absolute Gasteiger partial charge is 0.422 e. The van der Waals surface area contributed by atoms with Crippen LogP contribution in [0.15, 0.2) is 36.8 Å². The van der Waals surface area contributed by atoms with E-state index in [0.29, 0.717) is 12.2 Å². The summed E-state index contributed by atoms with van der Waals surface area (Å²) in [4.78, 5) is 15.5. The molecule has 2 aromatic heterocycles. The molecule has 0 radical (unpaired) electrons. The predicted octanol–water partition coefficient (Wildman–Crippen LogP) is 2.43. The molecule has 0 bridgehead atoms. The molecular weight excluding hydrogens is 327 g/mol. The second kappa shape index (κ2) is 7.66. The van der Waals surface area contributed by atoms with E-state index in [-0.39, 0.29) is 11.9 Å². The Morgan fingerprint density at radius 1 is 1.42 bits per heavy atom. The van der Waals surface area contributed by atoms with Gasteiger partial charge >= 0.3 is 12.2 Å². The minimum absolute atomic E-state index is 0.174. The molecule has 24 heavy (non-hydrogen) atoms. The fourth-order valence-electron chi connectivity index (χ4n) is 1.82. The molecule has 10 heteroatoms. The van der Waals surface area contributed by atoms with Crippen molar-refractivity contribution in [1.82, 2.24) is 20.1 Å². The highest BCUT2D eigenvalue weighted by atomic mass is 19.4. The first kappa shape index (κ1) is 17.6. The van der Waals surface area contributed by atoms with E-state index in [1.165, 1.54) is 18.3 Å². The van der Waals surface area contributed by atoms with Gasteiger partial charge in [0, 0.05) is 24.5 Å². The topological polar surface area (TPSA) is 81.1 Å². The zero-order valence-corrected chi connectivity index (χ0v) is 12.7. The summed E-state index contributed by atoms with van der Waals surface area (Å²) in [5.74, 6) is -0.176. The second-order valence-corrected chi connectivity index (χ2v) is 5.02. The molecule has 0 saturated heterocycles. The minimum Gasteiger partial charge on any atom is -0.468 e. The molecule has 1 atom stereocenters. The summed E-state index contributed by atoms with van der Waals surface area (Å²) in [7, 11) is 0. The molecule has 2 aromatic rings. The number of carbonyl (C=O) groups excluding carboxylic acids is 1. The average molecular weight is 343 g/mol. The third kappa shape index (κ3) is 6.15. The van der Waals surface area contributed by atoms with Crippen molar-refractivity contribution in [2.24, 2.45) is 0 Å². The van der Waals surface area contributed by atoms with E-state index >= 15 is 0 Å². The number of urea groups is 1. The summed E-state index contributed by atoms with van der Waals surface area (Å²) in [5.41, 5.74) is 0.332. The fourth-order valence-corrected chi connectivity index (χ4v) is 1.82. The Labute approximate surface area is 135 Å². The summed E-state index contributed by atoms with van der Waals surface area (Å²) >= 11 is 0. The maximum Gasteiger partial charge on any atom is 0.422 e. The van der Waals surface area contributed by atoms with Crippen molar-refractivity contribution in [3.05, 3.63) is 36.8 Å². The van der Waals surface area contributed by atoms with Crippen molar-refractivity contribution in [2.75, 3.05) is 11.9 Å². The van der Waals surface area contributed by atoms with E-state index in [1.807, 2.05) is 6.92 Å². The normalized spacial score (nSPS) is 12.5. The van der Waals surface area contributed by atoms with E-state index in [2.05, 4.69) is 25.5 Å². The van der Waals surface area contributed by atoms with Crippen LogP contribution in [-0.2, 0) is 6.54 Å². The van der Waals surface area contributed by atoms with E-state index in [1.54, 1.807) is 23.1 Å². The molecule has 0 spiro atoms. The third-order valence-corrected chi connectivity index (χ3v) is 2.78. The summed E-state index contributed by atoms with van der Waals surface area (Å²) in [5, 5.41) is 9.27. The maximum absolute atomic E-state index is 12.0. The van der Waals surface area contributed by atoms with Gasteiger partial charge in [-0.3, -0.25) is 4.68 Å². The molecule has 0 aliphatic carbocycles. The molecule has 130 valence electrons. The molecule has 7 nitrogen and oxygen atoms in total. The number of nitrogens with zero attached hydrogens (tertiary/aromatic N) is 3. The number of halogens is 3. The molecule has 0 fully saturated rings. The van der Waals surface area contributed by atoms with Gasteiger partial charge in [0.1, 0.15) is 0 Å². The lowest BCUT2D eigenvalue weighted by molar-refractivity contribution is -0.154. The van der Waals surface area contributed by atoms with Gasteiger partial charge in [0.2, 0.25) is 5.88 Å². The molecule has 0 aliphatic heterocycles. The molecule has 2 N–H and O–H groups in total. The first-order valence-electron chi connectivity index (χ1n) is 7.02. The highest BCUT2D eigenvalue weighted by Crippen LogP contribution is 2.17. The van der Waals surface area contributed by atoms with Crippen LogP contribution >= 0.6 is 0 Å². The first-order chi connectivity index (χ1) is 11.3. The quantitative estimate of drug-likeness (QED) is 0.844. The lowest BCUT2D eigenvalue weighted by Gasteiger charge is -2.14. The van der Waals surface area contributed by atoms with Gasteiger partial charge in [-0.2, -0.15) is 18.3 Å². The van der Waals surface area contributed by atoms with Crippen molar-refractivity contribution in [3.63, 3.8) is 0 Å².